The Hall–Kier alpha value is 0.790. The van der Waals surface area contributed by atoms with Crippen molar-refractivity contribution in [2.24, 2.45) is 0 Å². The molecule has 130 valence electrons. The summed E-state index contributed by atoms with van der Waals surface area (Å²) in [5.74, 6) is 0. The summed E-state index contributed by atoms with van der Waals surface area (Å²) in [7, 11) is -1.37. The number of rotatable bonds is 12. The molecule has 0 aliphatic carbocycles. The first-order chi connectivity index (χ1) is 9.79. The van der Waals surface area contributed by atoms with Gasteiger partial charge in [0.2, 0.25) is 10.4 Å². The van der Waals surface area contributed by atoms with Gasteiger partial charge in [-0.1, -0.05) is 64.7 Å². The first-order valence-electron chi connectivity index (χ1n) is 7.76. The largest absolute Gasteiger partial charge is 1.00 e. The minimum Gasteiger partial charge on any atom is -0.726 e. The first kappa shape index (κ1) is 27.6. The van der Waals surface area contributed by atoms with Crippen LogP contribution >= 0.6 is 0 Å². The van der Waals surface area contributed by atoms with Gasteiger partial charge in [-0.2, -0.15) is 5.06 Å². The van der Waals surface area contributed by atoms with E-state index in [4.69, 9.17) is 5.21 Å². The van der Waals surface area contributed by atoms with Crippen LogP contribution in [-0.2, 0) is 14.6 Å². The SMILES string of the molecule is CCCCCCCCCCCCOS(=O)(=O)[O-].CN(C)O.[Na+]. The molecular weight excluding hydrogens is 317 g/mol. The second kappa shape index (κ2) is 19.8. The molecule has 0 saturated heterocycles. The van der Waals surface area contributed by atoms with E-state index in [0.29, 0.717) is 6.42 Å². The molecule has 0 atom stereocenters. The number of hydrogen-bond acceptors (Lipinski definition) is 6. The topological polar surface area (TPSA) is 89.9 Å². The Balaban J connectivity index is -0.000000640. The molecule has 0 heterocycles. The van der Waals surface area contributed by atoms with Crippen LogP contribution in [0.4, 0.5) is 0 Å². The molecule has 0 bridgehead atoms. The average molecular weight is 349 g/mol. The van der Waals surface area contributed by atoms with E-state index in [1.165, 1.54) is 44.9 Å². The summed E-state index contributed by atoms with van der Waals surface area (Å²) in [5.41, 5.74) is 0. The van der Waals surface area contributed by atoms with Gasteiger partial charge in [0.05, 0.1) is 6.61 Å². The smallest absolute Gasteiger partial charge is 0.726 e. The monoisotopic (exact) mass is 349 g/mol. The van der Waals surface area contributed by atoms with Crippen LogP contribution in [0.5, 0.6) is 0 Å². The summed E-state index contributed by atoms with van der Waals surface area (Å²) in [6, 6.07) is 0. The molecule has 0 rings (SSSR count). The van der Waals surface area contributed by atoms with E-state index in [-0.39, 0.29) is 36.2 Å². The van der Waals surface area contributed by atoms with E-state index >= 15 is 0 Å². The molecule has 0 aromatic heterocycles. The van der Waals surface area contributed by atoms with Gasteiger partial charge in [0.25, 0.3) is 0 Å². The van der Waals surface area contributed by atoms with E-state index < -0.39 is 10.4 Å². The molecule has 1 N–H and O–H groups in total. The van der Waals surface area contributed by atoms with Gasteiger partial charge < -0.3 is 9.76 Å². The summed E-state index contributed by atoms with van der Waals surface area (Å²) in [4.78, 5) is 0. The molecule has 0 aromatic rings. The predicted octanol–water partition coefficient (Wildman–Crippen LogP) is 0.325. The molecule has 0 aliphatic rings. The zero-order valence-electron chi connectivity index (χ0n) is 14.7. The van der Waals surface area contributed by atoms with Gasteiger partial charge in [0.15, 0.2) is 0 Å². The van der Waals surface area contributed by atoms with Crippen molar-refractivity contribution < 1.29 is 51.9 Å². The second-order valence-electron chi connectivity index (χ2n) is 5.26. The fourth-order valence-corrected chi connectivity index (χ4v) is 2.07. The first-order valence-corrected chi connectivity index (χ1v) is 9.09. The Morgan fingerprint density at radius 1 is 0.909 bits per heavy atom. The van der Waals surface area contributed by atoms with Crippen LogP contribution in [0.25, 0.3) is 0 Å². The van der Waals surface area contributed by atoms with Gasteiger partial charge in [-0.05, 0) is 6.42 Å². The van der Waals surface area contributed by atoms with Gasteiger partial charge in [-0.3, -0.25) is 4.18 Å². The molecule has 8 heteroatoms. The molecule has 0 amide bonds. The molecule has 0 unspecified atom stereocenters. The molecular formula is C14H32NNaO5S. The zero-order chi connectivity index (χ0) is 16.6. The predicted molar refractivity (Wildman–Crippen MR) is 83.0 cm³/mol. The van der Waals surface area contributed by atoms with Crippen LogP contribution < -0.4 is 29.6 Å². The second-order valence-corrected chi connectivity index (χ2v) is 6.31. The Kier molecular flexibility index (Phi) is 24.9. The summed E-state index contributed by atoms with van der Waals surface area (Å²) in [6.07, 6.45) is 11.7. The van der Waals surface area contributed by atoms with Gasteiger partial charge >= 0.3 is 29.6 Å². The Bertz CT molecular complexity index is 297. The molecule has 0 spiro atoms. The average Bonchev–Trinajstić information content (AvgIpc) is 2.34. The third-order valence-corrected chi connectivity index (χ3v) is 3.18. The van der Waals surface area contributed by atoms with Crippen molar-refractivity contribution in [1.29, 1.82) is 0 Å². The van der Waals surface area contributed by atoms with Gasteiger partial charge in [0.1, 0.15) is 0 Å². The molecule has 0 fully saturated rings. The Morgan fingerprint density at radius 3 is 1.55 bits per heavy atom. The van der Waals surface area contributed by atoms with Gasteiger partial charge in [-0.25, -0.2) is 8.42 Å². The summed E-state index contributed by atoms with van der Waals surface area (Å²) in [6.45, 7) is 2.24. The molecule has 0 aromatic carbocycles. The van der Waals surface area contributed by atoms with Crippen LogP contribution in [0.1, 0.15) is 71.1 Å². The van der Waals surface area contributed by atoms with Crippen LogP contribution in [0.15, 0.2) is 0 Å². The maximum atomic E-state index is 10.1. The Labute approximate surface area is 158 Å². The van der Waals surface area contributed by atoms with Crippen LogP contribution in [0.3, 0.4) is 0 Å². The van der Waals surface area contributed by atoms with E-state index in [1.807, 2.05) is 0 Å². The van der Waals surface area contributed by atoms with E-state index in [9.17, 15) is 13.0 Å². The van der Waals surface area contributed by atoms with E-state index in [2.05, 4.69) is 11.1 Å². The van der Waals surface area contributed by atoms with Crippen molar-refractivity contribution in [2.45, 2.75) is 71.1 Å². The number of hydroxylamine groups is 2. The van der Waals surface area contributed by atoms with Crippen LogP contribution in [-0.4, -0.2) is 43.9 Å². The van der Waals surface area contributed by atoms with Crippen molar-refractivity contribution >= 4 is 10.4 Å². The van der Waals surface area contributed by atoms with Crippen molar-refractivity contribution in [2.75, 3.05) is 20.7 Å². The van der Waals surface area contributed by atoms with E-state index in [0.717, 1.165) is 17.9 Å². The molecule has 6 nitrogen and oxygen atoms in total. The van der Waals surface area contributed by atoms with E-state index in [1.54, 1.807) is 14.1 Å². The number of unbranched alkanes of at least 4 members (excludes halogenated alkanes) is 9. The number of hydrogen-bond donors (Lipinski definition) is 1. The van der Waals surface area contributed by atoms with Crippen molar-refractivity contribution in [3.63, 3.8) is 0 Å². The normalized spacial score (nSPS) is 10.8. The van der Waals surface area contributed by atoms with Crippen LogP contribution in [0, 0.1) is 0 Å². The Morgan fingerprint density at radius 2 is 1.23 bits per heavy atom. The quantitative estimate of drug-likeness (QED) is 0.179. The van der Waals surface area contributed by atoms with Crippen molar-refractivity contribution in [1.82, 2.24) is 5.06 Å². The zero-order valence-corrected chi connectivity index (χ0v) is 17.5. The standard InChI is InChI=1S/C12H26O4S.C2H7NO.Na/c1-2-3-4-5-6-7-8-9-10-11-12-16-17(13,14)15;1-3(2)4;/h2-12H2,1H3,(H,13,14,15);4H,1-2H3;/q;;+1/p-1. The third-order valence-electron chi connectivity index (χ3n) is 2.73. The molecule has 0 saturated carbocycles. The molecule has 0 radical (unpaired) electrons. The van der Waals surface area contributed by atoms with Gasteiger partial charge in [-0.15, -0.1) is 0 Å². The fraction of sp³-hybridized carbons (Fsp3) is 1.00. The molecule has 22 heavy (non-hydrogen) atoms. The molecule has 0 aliphatic heterocycles. The van der Waals surface area contributed by atoms with Crippen molar-refractivity contribution in [3.8, 4) is 0 Å². The maximum Gasteiger partial charge on any atom is 1.00 e. The van der Waals surface area contributed by atoms with Gasteiger partial charge in [0, 0.05) is 14.1 Å². The van der Waals surface area contributed by atoms with Crippen molar-refractivity contribution in [3.05, 3.63) is 0 Å². The minimum atomic E-state index is -4.48. The summed E-state index contributed by atoms with van der Waals surface area (Å²) < 4.78 is 34.5. The maximum absolute atomic E-state index is 10.1. The minimum absolute atomic E-state index is 0. The third kappa shape index (κ3) is 37.2. The summed E-state index contributed by atoms with van der Waals surface area (Å²) >= 11 is 0. The van der Waals surface area contributed by atoms with Crippen LogP contribution in [0.2, 0.25) is 0 Å². The fourth-order valence-electron chi connectivity index (χ4n) is 1.75. The number of nitrogens with zero attached hydrogens (tertiary/aromatic N) is 1. The summed E-state index contributed by atoms with van der Waals surface area (Å²) in [5, 5.41) is 8.89.